The summed E-state index contributed by atoms with van der Waals surface area (Å²) >= 11 is 0. The number of likely N-dealkylation sites (tertiary alicyclic amines) is 1. The smallest absolute Gasteiger partial charge is 0.193 e. The Hall–Kier alpha value is -2.88. The monoisotopic (exact) mass is 344 g/mol. The predicted molar refractivity (Wildman–Crippen MR) is 107 cm³/mol. The molecule has 2 aromatic carbocycles. The zero-order valence-electron chi connectivity index (χ0n) is 15.1. The van der Waals surface area contributed by atoms with Crippen molar-refractivity contribution in [3.8, 4) is 0 Å². The van der Waals surface area contributed by atoms with Crippen LogP contribution in [0.2, 0.25) is 0 Å². The molecule has 0 bridgehead atoms. The Morgan fingerprint density at radius 3 is 2.77 bits per heavy atom. The highest BCUT2D eigenvalue weighted by molar-refractivity contribution is 5.85. The molecule has 3 aromatic rings. The Labute approximate surface area is 154 Å². The van der Waals surface area contributed by atoms with Crippen LogP contribution in [0.1, 0.15) is 23.6 Å². The van der Waals surface area contributed by atoms with Gasteiger partial charge in [0.1, 0.15) is 0 Å². The molecule has 4 rings (SSSR count). The molecule has 2 heterocycles. The second-order valence-corrected chi connectivity index (χ2v) is 6.72. The number of hydrogen-bond acceptors (Lipinski definition) is 2. The van der Waals surface area contributed by atoms with Crippen LogP contribution in [0.4, 0.5) is 0 Å². The zero-order valence-corrected chi connectivity index (χ0v) is 15.1. The summed E-state index contributed by atoms with van der Waals surface area (Å²) in [6.07, 6.45) is 3.04. The van der Waals surface area contributed by atoms with E-state index in [1.807, 2.05) is 13.2 Å². The van der Waals surface area contributed by atoms with E-state index >= 15 is 0 Å². The topological polar surface area (TPSA) is 40.5 Å². The molecule has 4 nitrogen and oxygen atoms in total. The molecule has 0 amide bonds. The maximum Gasteiger partial charge on any atom is 0.193 e. The van der Waals surface area contributed by atoms with Gasteiger partial charge in [0.2, 0.25) is 0 Å². The van der Waals surface area contributed by atoms with Crippen molar-refractivity contribution in [1.82, 2.24) is 15.2 Å². The number of nitrogens with zero attached hydrogens (tertiary/aromatic N) is 3. The van der Waals surface area contributed by atoms with Gasteiger partial charge in [-0.05, 0) is 23.4 Å². The minimum atomic E-state index is 0.574. The summed E-state index contributed by atoms with van der Waals surface area (Å²) < 4.78 is 0. The summed E-state index contributed by atoms with van der Waals surface area (Å²) in [5.41, 5.74) is 2.48. The minimum absolute atomic E-state index is 0.574. The molecular weight excluding hydrogens is 320 g/mol. The van der Waals surface area contributed by atoms with Gasteiger partial charge in [-0.1, -0.05) is 54.6 Å². The highest BCUT2D eigenvalue weighted by atomic mass is 15.3. The minimum Gasteiger partial charge on any atom is -0.351 e. The normalized spacial score (nSPS) is 17.7. The van der Waals surface area contributed by atoms with Gasteiger partial charge < -0.3 is 10.2 Å². The van der Waals surface area contributed by atoms with Crippen molar-refractivity contribution in [3.05, 3.63) is 78.1 Å². The van der Waals surface area contributed by atoms with E-state index in [2.05, 4.69) is 80.9 Å². The van der Waals surface area contributed by atoms with Crippen LogP contribution in [0.5, 0.6) is 0 Å². The van der Waals surface area contributed by atoms with Gasteiger partial charge in [0.25, 0.3) is 0 Å². The van der Waals surface area contributed by atoms with Crippen LogP contribution in [-0.4, -0.2) is 36.0 Å². The van der Waals surface area contributed by atoms with E-state index in [1.165, 1.54) is 16.3 Å². The van der Waals surface area contributed by atoms with Crippen LogP contribution < -0.4 is 5.32 Å². The summed E-state index contributed by atoms with van der Waals surface area (Å²) in [6, 6.07) is 21.2. The van der Waals surface area contributed by atoms with E-state index in [0.29, 0.717) is 12.5 Å². The lowest BCUT2D eigenvalue weighted by Crippen LogP contribution is -2.39. The third-order valence-corrected chi connectivity index (χ3v) is 5.14. The van der Waals surface area contributed by atoms with Crippen molar-refractivity contribution in [3.63, 3.8) is 0 Å². The largest absolute Gasteiger partial charge is 0.351 e. The lowest BCUT2D eigenvalue weighted by Gasteiger charge is -2.22. The molecule has 1 fully saturated rings. The Bertz CT molecular complexity index is 899. The van der Waals surface area contributed by atoms with Gasteiger partial charge in [-0.25, -0.2) is 0 Å². The molecule has 26 heavy (non-hydrogen) atoms. The highest BCUT2D eigenvalue weighted by Crippen LogP contribution is 2.27. The summed E-state index contributed by atoms with van der Waals surface area (Å²) in [6.45, 7) is 2.72. The molecule has 1 aromatic heterocycles. The molecule has 0 radical (unpaired) electrons. The van der Waals surface area contributed by atoms with Crippen LogP contribution in [0.15, 0.2) is 71.9 Å². The third-order valence-electron chi connectivity index (χ3n) is 5.14. The second-order valence-electron chi connectivity index (χ2n) is 6.72. The maximum absolute atomic E-state index is 4.57. The van der Waals surface area contributed by atoms with Gasteiger partial charge >= 0.3 is 0 Å². The summed E-state index contributed by atoms with van der Waals surface area (Å²) in [5.74, 6) is 1.53. The van der Waals surface area contributed by atoms with Crippen LogP contribution >= 0.6 is 0 Å². The van der Waals surface area contributed by atoms with Crippen molar-refractivity contribution in [2.24, 2.45) is 4.99 Å². The molecule has 4 heteroatoms. The van der Waals surface area contributed by atoms with Crippen molar-refractivity contribution in [2.75, 3.05) is 20.1 Å². The molecule has 1 aliphatic heterocycles. The van der Waals surface area contributed by atoms with Crippen LogP contribution in [0, 0.1) is 0 Å². The number of hydrogen-bond donors (Lipinski definition) is 1. The van der Waals surface area contributed by atoms with Gasteiger partial charge in [-0.3, -0.25) is 9.98 Å². The molecule has 1 unspecified atom stereocenters. The van der Waals surface area contributed by atoms with Crippen LogP contribution in [0.3, 0.4) is 0 Å². The van der Waals surface area contributed by atoms with Crippen LogP contribution in [0.25, 0.3) is 10.8 Å². The van der Waals surface area contributed by atoms with E-state index in [1.54, 1.807) is 0 Å². The lowest BCUT2D eigenvalue weighted by molar-refractivity contribution is 0.485. The van der Waals surface area contributed by atoms with Gasteiger partial charge in [-0.15, -0.1) is 0 Å². The first-order valence-electron chi connectivity index (χ1n) is 9.18. The Morgan fingerprint density at radius 2 is 1.92 bits per heavy atom. The zero-order chi connectivity index (χ0) is 17.8. The standard InChI is InChI=1S/C22H24N4/c1-23-22(26-14-12-19(16-26)17-7-3-2-4-8-17)25-15-21-20-10-6-5-9-18(20)11-13-24-21/h2-11,13,19H,12,14-16H2,1H3,(H,23,25). The van der Waals surface area contributed by atoms with E-state index in [4.69, 9.17) is 0 Å². The van der Waals surface area contributed by atoms with E-state index in [-0.39, 0.29) is 0 Å². The van der Waals surface area contributed by atoms with Crippen molar-refractivity contribution in [1.29, 1.82) is 0 Å². The third kappa shape index (κ3) is 3.40. The van der Waals surface area contributed by atoms with Gasteiger partial charge in [0, 0.05) is 37.6 Å². The maximum atomic E-state index is 4.57. The number of fused-ring (bicyclic) bond motifs is 1. The number of rotatable bonds is 3. The Balaban J connectivity index is 1.44. The van der Waals surface area contributed by atoms with Crippen molar-refractivity contribution in [2.45, 2.75) is 18.9 Å². The number of pyridine rings is 1. The fraction of sp³-hybridized carbons (Fsp3) is 0.273. The van der Waals surface area contributed by atoms with E-state index in [9.17, 15) is 0 Å². The average molecular weight is 344 g/mol. The fourth-order valence-electron chi connectivity index (χ4n) is 3.77. The van der Waals surface area contributed by atoms with E-state index in [0.717, 1.165) is 31.2 Å². The highest BCUT2D eigenvalue weighted by Gasteiger charge is 2.25. The molecule has 0 saturated carbocycles. The molecule has 1 N–H and O–H groups in total. The number of aliphatic imine (C=N–C) groups is 1. The summed E-state index contributed by atoms with van der Waals surface area (Å²) in [4.78, 5) is 11.4. The first-order chi connectivity index (χ1) is 12.8. The number of benzene rings is 2. The number of aromatic nitrogens is 1. The van der Waals surface area contributed by atoms with E-state index < -0.39 is 0 Å². The predicted octanol–water partition coefficient (Wildman–Crippen LogP) is 3.80. The molecule has 1 atom stereocenters. The average Bonchev–Trinajstić information content (AvgIpc) is 3.19. The molecule has 132 valence electrons. The number of guanidine groups is 1. The van der Waals surface area contributed by atoms with Gasteiger partial charge in [0.15, 0.2) is 5.96 Å². The SMILES string of the molecule is CN=C(NCc1nccc2ccccc12)N1CCC(c2ccccc2)C1. The quantitative estimate of drug-likeness (QED) is 0.580. The Kier molecular flexibility index (Phi) is 4.82. The van der Waals surface area contributed by atoms with Gasteiger partial charge in [0.05, 0.1) is 12.2 Å². The molecule has 1 saturated heterocycles. The summed E-state index contributed by atoms with van der Waals surface area (Å²) in [5, 5.41) is 5.92. The molecule has 1 aliphatic rings. The first kappa shape index (κ1) is 16.6. The number of nitrogens with one attached hydrogen (secondary N) is 1. The van der Waals surface area contributed by atoms with Crippen LogP contribution in [-0.2, 0) is 6.54 Å². The van der Waals surface area contributed by atoms with Crippen molar-refractivity contribution >= 4 is 16.7 Å². The molecule has 0 aliphatic carbocycles. The summed E-state index contributed by atoms with van der Waals surface area (Å²) in [7, 11) is 1.86. The second kappa shape index (κ2) is 7.56. The fourth-order valence-corrected chi connectivity index (χ4v) is 3.77. The molecular formula is C22H24N4. The first-order valence-corrected chi connectivity index (χ1v) is 9.18. The Morgan fingerprint density at radius 1 is 1.12 bits per heavy atom. The lowest BCUT2D eigenvalue weighted by atomic mass is 9.99. The molecule has 0 spiro atoms. The van der Waals surface area contributed by atoms with Gasteiger partial charge in [-0.2, -0.15) is 0 Å². The van der Waals surface area contributed by atoms with Crippen molar-refractivity contribution < 1.29 is 0 Å².